The fraction of sp³-hybridized carbons (Fsp3) is 0. The van der Waals surface area contributed by atoms with Crippen LogP contribution >= 0.6 is 0 Å². The molecule has 1 aromatic heterocycles. The molecule has 3 nitrogen and oxygen atoms in total. The Morgan fingerprint density at radius 2 is 2.20 bits per heavy atom. The molecule has 1 heterocycles. The highest BCUT2D eigenvalue weighted by molar-refractivity contribution is 7.86. The van der Waals surface area contributed by atoms with Crippen molar-refractivity contribution in [2.45, 2.75) is 4.90 Å². The van der Waals surface area contributed by atoms with Gasteiger partial charge in [-0.2, -0.15) is 8.42 Å². The summed E-state index contributed by atoms with van der Waals surface area (Å²) in [6, 6.07) is 2.49. The van der Waals surface area contributed by atoms with E-state index in [-0.39, 0.29) is 0 Å². The van der Waals surface area contributed by atoms with Crippen molar-refractivity contribution in [1.29, 1.82) is 0 Å². The highest BCUT2D eigenvalue weighted by Gasteiger charge is 2.09. The monoisotopic (exact) mass is 161 g/mol. The average molecular weight is 161 g/mol. The lowest BCUT2D eigenvalue weighted by Crippen LogP contribution is -1.90. The van der Waals surface area contributed by atoms with Gasteiger partial charge in [0.05, 0.1) is 0 Å². The van der Waals surface area contributed by atoms with Crippen molar-refractivity contribution in [2.75, 3.05) is 0 Å². The molecular formula is C5H4FNO2S. The maximum atomic E-state index is 12.1. The molecule has 0 fully saturated rings. The number of hydrogen-bond acceptors (Lipinski definition) is 3. The smallest absolute Gasteiger partial charge is 0.263 e. The summed E-state index contributed by atoms with van der Waals surface area (Å²) in [5.41, 5.74) is 0. The third-order valence-corrected chi connectivity index (χ3v) is 1.72. The van der Waals surface area contributed by atoms with E-state index < -0.39 is 15.1 Å². The first-order chi connectivity index (χ1) is 4.61. The Morgan fingerprint density at radius 3 is 2.50 bits per heavy atom. The number of rotatable bonds is 1. The molecule has 1 rings (SSSR count). The first-order valence-electron chi connectivity index (χ1n) is 2.45. The Bertz CT molecular complexity index is 308. The molecule has 0 radical (unpaired) electrons. The van der Waals surface area contributed by atoms with E-state index in [0.29, 0.717) is 0 Å². The van der Waals surface area contributed by atoms with Crippen LogP contribution in [0.15, 0.2) is 29.4 Å². The number of pyridine rings is 1. The lowest BCUT2D eigenvalue weighted by atomic mass is 10.5. The van der Waals surface area contributed by atoms with Crippen LogP contribution in [-0.4, -0.2) is 13.4 Å². The van der Waals surface area contributed by atoms with Gasteiger partial charge in [0.15, 0.2) is 0 Å². The lowest BCUT2D eigenvalue weighted by Gasteiger charge is -1.89. The maximum absolute atomic E-state index is 12.1. The van der Waals surface area contributed by atoms with E-state index in [1.807, 2.05) is 0 Å². The van der Waals surface area contributed by atoms with E-state index in [1.54, 1.807) is 0 Å². The van der Waals surface area contributed by atoms with Crippen molar-refractivity contribution in [3.05, 3.63) is 24.5 Å². The number of aromatic nitrogens is 1. The largest absolute Gasteiger partial charge is 0.333 e. The van der Waals surface area contributed by atoms with Gasteiger partial charge in [0.25, 0.3) is 0 Å². The van der Waals surface area contributed by atoms with Crippen LogP contribution in [0.2, 0.25) is 0 Å². The van der Waals surface area contributed by atoms with Crippen molar-refractivity contribution >= 4 is 10.2 Å². The van der Waals surface area contributed by atoms with Gasteiger partial charge < -0.3 is 0 Å². The van der Waals surface area contributed by atoms with E-state index in [4.69, 9.17) is 0 Å². The molecule has 0 saturated carbocycles. The summed E-state index contributed by atoms with van der Waals surface area (Å²) in [5.74, 6) is 0. The molecule has 1 aromatic rings. The second-order valence-corrected chi connectivity index (χ2v) is 2.97. The van der Waals surface area contributed by atoms with Gasteiger partial charge in [0, 0.05) is 12.4 Å². The Labute approximate surface area is 57.7 Å². The summed E-state index contributed by atoms with van der Waals surface area (Å²) in [6.07, 6.45) is 2.32. The van der Waals surface area contributed by atoms with E-state index in [9.17, 15) is 12.3 Å². The minimum atomic E-state index is -4.57. The minimum absolute atomic E-state index is 0.407. The Hall–Kier alpha value is -0.970. The van der Waals surface area contributed by atoms with Gasteiger partial charge >= 0.3 is 10.2 Å². The third-order valence-electron chi connectivity index (χ3n) is 0.916. The zero-order valence-corrected chi connectivity index (χ0v) is 5.68. The van der Waals surface area contributed by atoms with E-state index >= 15 is 0 Å². The van der Waals surface area contributed by atoms with Crippen LogP contribution in [0, 0.1) is 0 Å². The van der Waals surface area contributed by atoms with Gasteiger partial charge in [-0.25, -0.2) is 0 Å². The van der Waals surface area contributed by atoms with Crippen molar-refractivity contribution in [3.63, 3.8) is 0 Å². The molecule has 0 saturated heterocycles. The third kappa shape index (κ3) is 1.51. The van der Waals surface area contributed by atoms with Crippen molar-refractivity contribution in [3.8, 4) is 0 Å². The Kier molecular flexibility index (Phi) is 1.67. The van der Waals surface area contributed by atoms with Gasteiger partial charge in [-0.1, -0.05) is 0 Å². The summed E-state index contributed by atoms with van der Waals surface area (Å²) in [7, 11) is -4.57. The molecule has 0 aliphatic heterocycles. The topological polar surface area (TPSA) is 47.0 Å². The van der Waals surface area contributed by atoms with Crippen LogP contribution in [0.3, 0.4) is 0 Å². The highest BCUT2D eigenvalue weighted by Crippen LogP contribution is 2.07. The normalized spacial score (nSPS) is 11.3. The van der Waals surface area contributed by atoms with Crippen LogP contribution in [0.5, 0.6) is 0 Å². The highest BCUT2D eigenvalue weighted by atomic mass is 32.3. The number of halogens is 1. The van der Waals surface area contributed by atoms with Crippen LogP contribution < -0.4 is 0 Å². The minimum Gasteiger partial charge on any atom is -0.263 e. The predicted octanol–water partition coefficient (Wildman–Crippen LogP) is 0.740. The van der Waals surface area contributed by atoms with Crippen molar-refractivity contribution < 1.29 is 12.3 Å². The number of hydrogen-bond donors (Lipinski definition) is 0. The molecule has 5 heteroatoms. The molecule has 0 aliphatic rings. The summed E-state index contributed by atoms with van der Waals surface area (Å²) >= 11 is 0. The first kappa shape index (κ1) is 7.14. The average Bonchev–Trinajstić information content (AvgIpc) is 1.88. The zero-order valence-electron chi connectivity index (χ0n) is 4.86. The fourth-order valence-electron chi connectivity index (χ4n) is 0.491. The van der Waals surface area contributed by atoms with Gasteiger partial charge in [-0.3, -0.25) is 4.98 Å². The number of nitrogens with zero attached hydrogens (tertiary/aromatic N) is 1. The molecule has 10 heavy (non-hydrogen) atoms. The van der Waals surface area contributed by atoms with Gasteiger partial charge in [-0.15, -0.1) is 3.89 Å². The predicted molar refractivity (Wildman–Crippen MR) is 32.5 cm³/mol. The fourth-order valence-corrected chi connectivity index (χ4v) is 0.919. The molecule has 0 bridgehead atoms. The molecular weight excluding hydrogens is 157 g/mol. The van der Waals surface area contributed by atoms with Gasteiger partial charge in [0.1, 0.15) is 4.90 Å². The quantitative estimate of drug-likeness (QED) is 0.571. The van der Waals surface area contributed by atoms with Gasteiger partial charge in [0.2, 0.25) is 0 Å². The van der Waals surface area contributed by atoms with E-state index in [0.717, 1.165) is 12.3 Å². The van der Waals surface area contributed by atoms with E-state index in [1.165, 1.54) is 12.3 Å². The van der Waals surface area contributed by atoms with E-state index in [2.05, 4.69) is 4.98 Å². The zero-order chi connectivity index (χ0) is 7.61. The SMILES string of the molecule is O=S(=O)(F)c1cccnc1. The van der Waals surface area contributed by atoms with Crippen molar-refractivity contribution in [1.82, 2.24) is 4.98 Å². The summed E-state index contributed by atoms with van der Waals surface area (Å²) in [4.78, 5) is 3.02. The standard InChI is InChI=1S/C5H4FNO2S/c6-10(8,9)5-2-1-3-7-4-5/h1-4H. The molecule has 0 spiro atoms. The maximum Gasteiger partial charge on any atom is 0.333 e. The molecule has 54 valence electrons. The van der Waals surface area contributed by atoms with Gasteiger partial charge in [-0.05, 0) is 12.1 Å². The lowest BCUT2D eigenvalue weighted by molar-refractivity contribution is 0.551. The second-order valence-electron chi connectivity index (χ2n) is 1.63. The van der Waals surface area contributed by atoms with Crippen LogP contribution in [-0.2, 0) is 10.2 Å². The first-order valence-corrected chi connectivity index (χ1v) is 3.84. The Balaban J connectivity index is 3.22. The molecule has 0 aromatic carbocycles. The summed E-state index contributed by atoms with van der Waals surface area (Å²) in [6.45, 7) is 0. The summed E-state index contributed by atoms with van der Waals surface area (Å²) < 4.78 is 32.3. The molecule has 0 unspecified atom stereocenters. The molecule has 0 aliphatic carbocycles. The molecule has 0 atom stereocenters. The van der Waals surface area contributed by atoms with Crippen molar-refractivity contribution in [2.24, 2.45) is 0 Å². The molecule has 0 N–H and O–H groups in total. The van der Waals surface area contributed by atoms with Crippen LogP contribution in [0.4, 0.5) is 3.89 Å². The Morgan fingerprint density at radius 1 is 1.50 bits per heavy atom. The molecule has 0 amide bonds. The second kappa shape index (κ2) is 2.34. The van der Waals surface area contributed by atoms with Crippen LogP contribution in [0.25, 0.3) is 0 Å². The van der Waals surface area contributed by atoms with Crippen LogP contribution in [0.1, 0.15) is 0 Å². The summed E-state index contributed by atoms with van der Waals surface area (Å²) in [5, 5.41) is 0.